The van der Waals surface area contributed by atoms with Crippen molar-refractivity contribution in [2.24, 2.45) is 0 Å². The van der Waals surface area contributed by atoms with Crippen LogP contribution in [0.25, 0.3) is 0 Å². The molecule has 1 aromatic carbocycles. The zero-order valence-corrected chi connectivity index (χ0v) is 16.1. The number of nitrogens with one attached hydrogen (secondary N) is 1. The maximum Gasteiger partial charge on any atom is 0.271 e. The summed E-state index contributed by atoms with van der Waals surface area (Å²) in [4.78, 5) is 17.2. The molecule has 0 spiro atoms. The van der Waals surface area contributed by atoms with E-state index in [-0.39, 0.29) is 10.1 Å². The zero-order chi connectivity index (χ0) is 18.3. The molecular weight excluding hydrogens is 370 g/mol. The summed E-state index contributed by atoms with van der Waals surface area (Å²) in [5.41, 5.74) is 1.05. The lowest BCUT2D eigenvalue weighted by atomic mass is 10.1. The van der Waals surface area contributed by atoms with Gasteiger partial charge < -0.3 is 4.90 Å². The Kier molecular flexibility index (Phi) is 4.50. The van der Waals surface area contributed by atoms with Crippen LogP contribution in [0.1, 0.15) is 23.7 Å². The summed E-state index contributed by atoms with van der Waals surface area (Å²) in [7, 11) is -3.57. The van der Waals surface area contributed by atoms with Crippen LogP contribution in [0.15, 0.2) is 46.0 Å². The number of amides is 1. The molecule has 2 fully saturated rings. The standard InChI is InChI=1S/C18H21N3O3S2/c1-2-20-11-16-10-15(20)12-21(16)18(22)13-5-7-14(8-6-13)19-26(23,24)17-4-3-9-25-17/h3-9,15-16,19H,2,10-12H2,1H3/t15-,16-/m1/s1. The van der Waals surface area contributed by atoms with Gasteiger partial charge in [-0.1, -0.05) is 13.0 Å². The second-order valence-corrected chi connectivity index (χ2v) is 9.56. The Bertz CT molecular complexity index is 894. The molecule has 26 heavy (non-hydrogen) atoms. The van der Waals surface area contributed by atoms with E-state index in [4.69, 9.17) is 0 Å². The van der Waals surface area contributed by atoms with Crippen molar-refractivity contribution in [1.82, 2.24) is 9.80 Å². The van der Waals surface area contributed by atoms with Gasteiger partial charge >= 0.3 is 0 Å². The van der Waals surface area contributed by atoms with Gasteiger partial charge in [-0.3, -0.25) is 14.4 Å². The fourth-order valence-electron chi connectivity index (χ4n) is 3.85. The Morgan fingerprint density at radius 3 is 2.54 bits per heavy atom. The van der Waals surface area contributed by atoms with Crippen LogP contribution < -0.4 is 4.72 Å². The van der Waals surface area contributed by atoms with Crippen LogP contribution in [0.2, 0.25) is 0 Å². The number of carbonyl (C=O) groups excluding carboxylic acids is 1. The number of sulfonamides is 1. The molecule has 0 unspecified atom stereocenters. The number of fused-ring (bicyclic) bond motifs is 2. The number of benzene rings is 1. The van der Waals surface area contributed by atoms with E-state index in [1.807, 2.05) is 4.90 Å². The lowest BCUT2D eigenvalue weighted by molar-refractivity contribution is 0.0630. The largest absolute Gasteiger partial charge is 0.333 e. The molecule has 1 amide bonds. The topological polar surface area (TPSA) is 69.7 Å². The molecule has 6 nitrogen and oxygen atoms in total. The number of thiophene rings is 1. The molecule has 0 radical (unpaired) electrons. The number of carbonyl (C=O) groups is 1. The van der Waals surface area contributed by atoms with Gasteiger partial charge in [0.05, 0.1) is 0 Å². The lowest BCUT2D eigenvalue weighted by Crippen LogP contribution is -2.48. The molecule has 2 aromatic rings. The molecule has 2 aliphatic heterocycles. The van der Waals surface area contributed by atoms with E-state index in [0.717, 1.165) is 26.1 Å². The van der Waals surface area contributed by atoms with Gasteiger partial charge in [0.15, 0.2) is 0 Å². The Hall–Kier alpha value is -1.90. The first-order chi connectivity index (χ1) is 12.5. The summed E-state index contributed by atoms with van der Waals surface area (Å²) >= 11 is 1.17. The quantitative estimate of drug-likeness (QED) is 0.850. The third-order valence-corrected chi connectivity index (χ3v) is 7.94. The molecule has 8 heteroatoms. The van der Waals surface area contributed by atoms with E-state index in [0.29, 0.717) is 23.3 Å². The average Bonchev–Trinajstić information content (AvgIpc) is 3.37. The van der Waals surface area contributed by atoms with Crippen molar-refractivity contribution in [2.75, 3.05) is 24.4 Å². The molecule has 2 bridgehead atoms. The predicted octanol–water partition coefficient (Wildman–Crippen LogP) is 2.47. The summed E-state index contributed by atoms with van der Waals surface area (Å²) in [6.45, 7) is 4.92. The van der Waals surface area contributed by atoms with Gasteiger partial charge in [0, 0.05) is 36.4 Å². The summed E-state index contributed by atoms with van der Waals surface area (Å²) in [5.74, 6) is 0.0286. The molecular formula is C18H21N3O3S2. The van der Waals surface area contributed by atoms with Gasteiger partial charge in [-0.05, 0) is 48.7 Å². The van der Waals surface area contributed by atoms with Crippen molar-refractivity contribution in [3.8, 4) is 0 Å². The molecule has 2 aliphatic rings. The number of anilines is 1. The first-order valence-electron chi connectivity index (χ1n) is 8.69. The van der Waals surface area contributed by atoms with Gasteiger partial charge in [0.2, 0.25) is 0 Å². The molecule has 3 heterocycles. The van der Waals surface area contributed by atoms with Gasteiger partial charge in [-0.15, -0.1) is 11.3 Å². The molecule has 2 atom stereocenters. The minimum absolute atomic E-state index is 0.0286. The highest BCUT2D eigenvalue weighted by Crippen LogP contribution is 2.31. The van der Waals surface area contributed by atoms with Crippen LogP contribution in [0.5, 0.6) is 0 Å². The number of hydrogen-bond acceptors (Lipinski definition) is 5. The number of hydrogen-bond donors (Lipinski definition) is 1. The number of rotatable bonds is 5. The van der Waals surface area contributed by atoms with E-state index in [9.17, 15) is 13.2 Å². The van der Waals surface area contributed by atoms with Gasteiger partial charge in [0.1, 0.15) is 4.21 Å². The van der Waals surface area contributed by atoms with Crippen LogP contribution in [0.4, 0.5) is 5.69 Å². The summed E-state index contributed by atoms with van der Waals surface area (Å²) in [6.07, 6.45) is 1.05. The van der Waals surface area contributed by atoms with Gasteiger partial charge in [-0.25, -0.2) is 8.42 Å². The number of nitrogens with zero attached hydrogens (tertiary/aromatic N) is 2. The Morgan fingerprint density at radius 2 is 1.96 bits per heavy atom. The zero-order valence-electron chi connectivity index (χ0n) is 14.5. The highest BCUT2D eigenvalue weighted by atomic mass is 32.2. The second kappa shape index (κ2) is 6.68. The monoisotopic (exact) mass is 391 g/mol. The van der Waals surface area contributed by atoms with E-state index >= 15 is 0 Å². The van der Waals surface area contributed by atoms with Crippen LogP contribution in [0, 0.1) is 0 Å². The molecule has 0 saturated carbocycles. The van der Waals surface area contributed by atoms with Crippen molar-refractivity contribution in [3.05, 3.63) is 47.3 Å². The number of piperazine rings is 1. The van der Waals surface area contributed by atoms with Gasteiger partial charge in [-0.2, -0.15) is 0 Å². The van der Waals surface area contributed by atoms with E-state index in [1.54, 1.807) is 41.8 Å². The minimum atomic E-state index is -3.57. The van der Waals surface area contributed by atoms with Crippen LogP contribution in [0.3, 0.4) is 0 Å². The van der Waals surface area contributed by atoms with Crippen molar-refractivity contribution in [1.29, 1.82) is 0 Å². The Labute approximate surface area is 157 Å². The number of likely N-dealkylation sites (N-methyl/N-ethyl adjacent to an activating group) is 1. The first kappa shape index (κ1) is 17.5. The molecule has 138 valence electrons. The maximum absolute atomic E-state index is 12.8. The Morgan fingerprint density at radius 1 is 1.19 bits per heavy atom. The van der Waals surface area contributed by atoms with E-state index in [2.05, 4.69) is 16.5 Å². The van der Waals surface area contributed by atoms with Gasteiger partial charge in [0.25, 0.3) is 15.9 Å². The minimum Gasteiger partial charge on any atom is -0.333 e. The molecule has 4 rings (SSSR count). The summed E-state index contributed by atoms with van der Waals surface area (Å²) < 4.78 is 27.3. The Balaban J connectivity index is 1.44. The van der Waals surface area contributed by atoms with E-state index < -0.39 is 10.0 Å². The summed E-state index contributed by atoms with van der Waals surface area (Å²) in [6, 6.07) is 10.7. The second-order valence-electron chi connectivity index (χ2n) is 6.70. The van der Waals surface area contributed by atoms with E-state index in [1.165, 1.54) is 11.3 Å². The highest BCUT2D eigenvalue weighted by Gasteiger charge is 2.44. The predicted molar refractivity (Wildman–Crippen MR) is 102 cm³/mol. The molecule has 0 aliphatic carbocycles. The van der Waals surface area contributed by atoms with Crippen LogP contribution in [-0.2, 0) is 10.0 Å². The average molecular weight is 392 g/mol. The van der Waals surface area contributed by atoms with Crippen molar-refractivity contribution in [3.63, 3.8) is 0 Å². The summed E-state index contributed by atoms with van der Waals surface area (Å²) in [5, 5.41) is 1.72. The smallest absolute Gasteiger partial charge is 0.271 e. The normalized spacial score (nSPS) is 22.7. The van der Waals surface area contributed by atoms with Crippen molar-refractivity contribution in [2.45, 2.75) is 29.6 Å². The first-order valence-corrected chi connectivity index (χ1v) is 11.1. The molecule has 2 saturated heterocycles. The fraction of sp³-hybridized carbons (Fsp3) is 0.389. The third kappa shape index (κ3) is 3.13. The third-order valence-electron chi connectivity index (χ3n) is 5.17. The van der Waals surface area contributed by atoms with Crippen LogP contribution >= 0.6 is 11.3 Å². The number of likely N-dealkylation sites (tertiary alicyclic amines) is 2. The van der Waals surface area contributed by atoms with Crippen LogP contribution in [-0.4, -0.2) is 55.8 Å². The SMILES string of the molecule is CCN1C[C@H]2C[C@@H]1CN2C(=O)c1ccc(NS(=O)(=O)c2cccs2)cc1. The fourth-order valence-corrected chi connectivity index (χ4v) is 5.91. The molecule has 1 aromatic heterocycles. The maximum atomic E-state index is 12.8. The lowest BCUT2D eigenvalue weighted by Gasteiger charge is -2.33. The van der Waals surface area contributed by atoms with Crippen molar-refractivity contribution < 1.29 is 13.2 Å². The molecule has 1 N–H and O–H groups in total. The highest BCUT2D eigenvalue weighted by molar-refractivity contribution is 7.94. The van der Waals surface area contributed by atoms with Crippen molar-refractivity contribution >= 4 is 33.0 Å².